The van der Waals surface area contributed by atoms with Crippen LogP contribution in [0.15, 0.2) is 53.1 Å². The zero-order valence-electron chi connectivity index (χ0n) is 16.0. The van der Waals surface area contributed by atoms with E-state index in [0.29, 0.717) is 24.7 Å². The molecule has 1 amide bonds. The molecule has 1 unspecified atom stereocenters. The van der Waals surface area contributed by atoms with E-state index in [1.54, 1.807) is 4.90 Å². The Morgan fingerprint density at radius 2 is 2.03 bits per heavy atom. The number of carbonyl (C=O) groups is 1. The van der Waals surface area contributed by atoms with Crippen molar-refractivity contribution >= 4 is 22.6 Å². The quantitative estimate of drug-likeness (QED) is 0.520. The number of aromatic nitrogens is 5. The van der Waals surface area contributed by atoms with Crippen LogP contribution in [0.1, 0.15) is 31.6 Å². The average molecular weight is 388 g/mol. The Morgan fingerprint density at radius 1 is 1.17 bits per heavy atom. The molecular weight excluding hydrogens is 368 g/mol. The van der Waals surface area contributed by atoms with Gasteiger partial charge in [-0.05, 0) is 36.8 Å². The van der Waals surface area contributed by atoms with Gasteiger partial charge in [-0.25, -0.2) is 4.68 Å². The first-order chi connectivity index (χ1) is 14.2. The zero-order chi connectivity index (χ0) is 19.8. The van der Waals surface area contributed by atoms with Crippen LogP contribution in [-0.4, -0.2) is 37.6 Å². The van der Waals surface area contributed by atoms with E-state index >= 15 is 0 Å². The minimum Gasteiger partial charge on any atom is -0.339 e. The Bertz CT molecular complexity index is 1170. The van der Waals surface area contributed by atoms with Gasteiger partial charge >= 0.3 is 0 Å². The van der Waals surface area contributed by atoms with Crippen molar-refractivity contribution in [1.82, 2.24) is 25.1 Å². The molecular formula is C21H20N6O2. The molecule has 0 aliphatic carbocycles. The summed E-state index contributed by atoms with van der Waals surface area (Å²) < 4.78 is 7.40. The first-order valence-electron chi connectivity index (χ1n) is 9.75. The molecule has 5 rings (SSSR count). The van der Waals surface area contributed by atoms with Crippen molar-refractivity contribution in [1.29, 1.82) is 0 Å². The predicted octanol–water partition coefficient (Wildman–Crippen LogP) is 3.41. The molecule has 2 aromatic carbocycles. The lowest BCUT2D eigenvalue weighted by molar-refractivity contribution is -0.117. The molecule has 4 aromatic rings. The van der Waals surface area contributed by atoms with Crippen LogP contribution in [0.5, 0.6) is 0 Å². The SMILES string of the molecule is CCCn1nnc2cc(-c3noc(C4CC(=O)N(c5ccccc5)C4)n3)ccc21. The lowest BCUT2D eigenvalue weighted by Crippen LogP contribution is -2.24. The molecule has 0 saturated carbocycles. The van der Waals surface area contributed by atoms with Crippen LogP contribution in [0.25, 0.3) is 22.4 Å². The summed E-state index contributed by atoms with van der Waals surface area (Å²) in [5.41, 5.74) is 3.49. The molecule has 1 saturated heterocycles. The number of carbonyl (C=O) groups excluding carboxylic acids is 1. The molecule has 8 heteroatoms. The van der Waals surface area contributed by atoms with Gasteiger partial charge in [0.1, 0.15) is 5.52 Å². The highest BCUT2D eigenvalue weighted by molar-refractivity contribution is 5.96. The van der Waals surface area contributed by atoms with E-state index in [-0.39, 0.29) is 11.8 Å². The summed E-state index contributed by atoms with van der Waals surface area (Å²) in [6.45, 7) is 3.47. The Morgan fingerprint density at radius 3 is 2.86 bits per heavy atom. The minimum absolute atomic E-state index is 0.0647. The Kier molecular flexibility index (Phi) is 4.31. The maximum absolute atomic E-state index is 12.5. The molecule has 146 valence electrons. The fraction of sp³-hybridized carbons (Fsp3) is 0.286. The summed E-state index contributed by atoms with van der Waals surface area (Å²) in [6, 6.07) is 15.5. The van der Waals surface area contributed by atoms with E-state index < -0.39 is 0 Å². The summed E-state index contributed by atoms with van der Waals surface area (Å²) in [7, 11) is 0. The minimum atomic E-state index is -0.113. The smallest absolute Gasteiger partial charge is 0.232 e. The number of amides is 1. The number of hydrogen-bond donors (Lipinski definition) is 0. The molecule has 0 bridgehead atoms. The Hall–Kier alpha value is -3.55. The van der Waals surface area contributed by atoms with Gasteiger partial charge in [-0.2, -0.15) is 4.98 Å². The van der Waals surface area contributed by atoms with E-state index in [1.165, 1.54) is 0 Å². The highest BCUT2D eigenvalue weighted by Crippen LogP contribution is 2.32. The van der Waals surface area contributed by atoms with Gasteiger partial charge in [0.25, 0.3) is 0 Å². The third-order valence-electron chi connectivity index (χ3n) is 5.19. The van der Waals surface area contributed by atoms with Crippen molar-refractivity contribution in [3.63, 3.8) is 0 Å². The fourth-order valence-electron chi connectivity index (χ4n) is 3.74. The van der Waals surface area contributed by atoms with Gasteiger partial charge in [-0.3, -0.25) is 4.79 Å². The van der Waals surface area contributed by atoms with Crippen LogP contribution in [0.3, 0.4) is 0 Å². The molecule has 29 heavy (non-hydrogen) atoms. The second-order valence-electron chi connectivity index (χ2n) is 7.21. The van der Waals surface area contributed by atoms with Crippen molar-refractivity contribution in [3.05, 3.63) is 54.4 Å². The van der Waals surface area contributed by atoms with Crippen LogP contribution < -0.4 is 4.90 Å². The largest absolute Gasteiger partial charge is 0.339 e. The topological polar surface area (TPSA) is 89.9 Å². The number of hydrogen-bond acceptors (Lipinski definition) is 6. The first kappa shape index (κ1) is 17.5. The van der Waals surface area contributed by atoms with Gasteiger partial charge in [0, 0.05) is 30.8 Å². The molecule has 3 heterocycles. The maximum atomic E-state index is 12.5. The molecule has 0 radical (unpaired) electrons. The number of anilines is 1. The van der Waals surface area contributed by atoms with Crippen molar-refractivity contribution in [2.24, 2.45) is 0 Å². The Labute approximate surface area is 167 Å². The fourth-order valence-corrected chi connectivity index (χ4v) is 3.74. The molecule has 8 nitrogen and oxygen atoms in total. The molecule has 1 aliphatic rings. The third kappa shape index (κ3) is 3.16. The van der Waals surface area contributed by atoms with Gasteiger partial charge in [0.05, 0.1) is 11.4 Å². The van der Waals surface area contributed by atoms with E-state index in [0.717, 1.165) is 35.2 Å². The number of rotatable bonds is 5. The standard InChI is InChI=1S/C21H20N6O2/c1-2-10-27-18-9-8-14(11-17(18)23-25-27)20-22-21(29-24-20)15-12-19(28)26(13-15)16-6-4-3-5-7-16/h3-9,11,15H,2,10,12-13H2,1H3. The van der Waals surface area contributed by atoms with Crippen LogP contribution in [0, 0.1) is 0 Å². The highest BCUT2D eigenvalue weighted by atomic mass is 16.5. The average Bonchev–Trinajstić information content (AvgIpc) is 3.47. The summed E-state index contributed by atoms with van der Waals surface area (Å²) in [5.74, 6) is 0.937. The molecule has 0 spiro atoms. The second kappa shape index (κ2) is 7.12. The van der Waals surface area contributed by atoms with Crippen LogP contribution in [0.2, 0.25) is 0 Å². The van der Waals surface area contributed by atoms with Crippen molar-refractivity contribution in [2.45, 2.75) is 32.2 Å². The number of nitrogens with zero attached hydrogens (tertiary/aromatic N) is 6. The van der Waals surface area contributed by atoms with Gasteiger partial charge in [0.2, 0.25) is 17.6 Å². The second-order valence-corrected chi connectivity index (χ2v) is 7.21. The number of benzene rings is 2. The van der Waals surface area contributed by atoms with Crippen LogP contribution >= 0.6 is 0 Å². The lowest BCUT2D eigenvalue weighted by atomic mass is 10.1. The normalized spacial score (nSPS) is 16.8. The van der Waals surface area contributed by atoms with Crippen molar-refractivity contribution in [3.8, 4) is 11.4 Å². The van der Waals surface area contributed by atoms with E-state index in [9.17, 15) is 4.79 Å². The van der Waals surface area contributed by atoms with Gasteiger partial charge < -0.3 is 9.42 Å². The molecule has 2 aromatic heterocycles. The van der Waals surface area contributed by atoms with Crippen LogP contribution in [0.4, 0.5) is 5.69 Å². The summed E-state index contributed by atoms with van der Waals surface area (Å²) in [4.78, 5) is 18.8. The summed E-state index contributed by atoms with van der Waals surface area (Å²) in [5, 5.41) is 12.6. The van der Waals surface area contributed by atoms with E-state index in [1.807, 2.05) is 53.2 Å². The zero-order valence-corrected chi connectivity index (χ0v) is 16.0. The van der Waals surface area contributed by atoms with Gasteiger partial charge in [-0.15, -0.1) is 5.10 Å². The van der Waals surface area contributed by atoms with E-state index in [4.69, 9.17) is 4.52 Å². The van der Waals surface area contributed by atoms with Crippen molar-refractivity contribution in [2.75, 3.05) is 11.4 Å². The maximum Gasteiger partial charge on any atom is 0.232 e. The number of fused-ring (bicyclic) bond motifs is 1. The third-order valence-corrected chi connectivity index (χ3v) is 5.19. The summed E-state index contributed by atoms with van der Waals surface area (Å²) >= 11 is 0. The van der Waals surface area contributed by atoms with Crippen molar-refractivity contribution < 1.29 is 9.32 Å². The monoisotopic (exact) mass is 388 g/mol. The lowest BCUT2D eigenvalue weighted by Gasteiger charge is -2.15. The van der Waals surface area contributed by atoms with Crippen LogP contribution in [-0.2, 0) is 11.3 Å². The first-order valence-corrected chi connectivity index (χ1v) is 9.75. The number of aryl methyl sites for hydroxylation is 1. The molecule has 1 atom stereocenters. The van der Waals surface area contributed by atoms with Gasteiger partial charge in [0.15, 0.2) is 0 Å². The van der Waals surface area contributed by atoms with E-state index in [2.05, 4.69) is 27.4 Å². The van der Waals surface area contributed by atoms with Gasteiger partial charge in [-0.1, -0.05) is 35.5 Å². The predicted molar refractivity (Wildman–Crippen MR) is 107 cm³/mol. The summed E-state index contributed by atoms with van der Waals surface area (Å²) in [6.07, 6.45) is 1.36. The number of para-hydroxylation sites is 1. The molecule has 1 aliphatic heterocycles. The molecule has 0 N–H and O–H groups in total. The molecule has 1 fully saturated rings. The highest BCUT2D eigenvalue weighted by Gasteiger charge is 2.35. The Balaban J connectivity index is 1.38.